The van der Waals surface area contributed by atoms with E-state index in [9.17, 15) is 0 Å². The Balaban J connectivity index is 4.11. The van der Waals surface area contributed by atoms with Crippen LogP contribution in [0.5, 0.6) is 0 Å². The fourth-order valence-corrected chi connectivity index (χ4v) is 0.526. The van der Waals surface area contributed by atoms with Crippen molar-refractivity contribution in [1.29, 1.82) is 0 Å². The van der Waals surface area contributed by atoms with Crippen molar-refractivity contribution in [3.63, 3.8) is 0 Å². The van der Waals surface area contributed by atoms with Crippen LogP contribution in [0.4, 0.5) is 0 Å². The van der Waals surface area contributed by atoms with Gasteiger partial charge in [-0.3, -0.25) is 0 Å². The Morgan fingerprint density at radius 1 is 1.50 bits per heavy atom. The Bertz CT molecular complexity index is 247. The van der Waals surface area contributed by atoms with E-state index in [0.717, 1.165) is 11.1 Å². The summed E-state index contributed by atoms with van der Waals surface area (Å²) in [4.78, 5) is 0. The third-order valence-corrected chi connectivity index (χ3v) is 1.19. The summed E-state index contributed by atoms with van der Waals surface area (Å²) in [7, 11) is 0. The van der Waals surface area contributed by atoms with Gasteiger partial charge in [0.25, 0.3) is 0 Å². The molecule has 0 aliphatic carbocycles. The summed E-state index contributed by atoms with van der Waals surface area (Å²) < 4.78 is 0. The largest absolute Gasteiger partial charge is 0.411 e. The van der Waals surface area contributed by atoms with Crippen LogP contribution in [0.1, 0.15) is 6.92 Å². The van der Waals surface area contributed by atoms with E-state index < -0.39 is 0 Å². The molecule has 0 aromatic rings. The van der Waals surface area contributed by atoms with E-state index in [2.05, 4.69) is 18.3 Å². The molecule has 0 saturated heterocycles. The van der Waals surface area contributed by atoms with Crippen LogP contribution >= 0.6 is 0 Å². The number of hydrogen-bond donors (Lipinski definition) is 1. The summed E-state index contributed by atoms with van der Waals surface area (Å²) in [5.41, 5.74) is 1.71. The third kappa shape index (κ3) is 5.23. The second kappa shape index (κ2) is 6.16. The van der Waals surface area contributed by atoms with Crippen molar-refractivity contribution >= 4 is 6.21 Å². The number of nitrogens with zero attached hydrogens (tertiary/aromatic N) is 1. The Labute approximate surface area is 72.9 Å². The van der Waals surface area contributed by atoms with E-state index in [-0.39, 0.29) is 0 Å². The van der Waals surface area contributed by atoms with Crippen LogP contribution in [0.25, 0.3) is 0 Å². The highest BCUT2D eigenvalue weighted by Gasteiger charge is 1.78. The van der Waals surface area contributed by atoms with E-state index in [0.29, 0.717) is 0 Å². The molecule has 0 bridgehead atoms. The first kappa shape index (κ1) is 10.4. The van der Waals surface area contributed by atoms with E-state index in [4.69, 9.17) is 5.21 Å². The van der Waals surface area contributed by atoms with Gasteiger partial charge in [-0.15, -0.1) is 0 Å². The van der Waals surface area contributed by atoms with Crippen molar-refractivity contribution in [2.45, 2.75) is 6.92 Å². The zero-order valence-electron chi connectivity index (χ0n) is 7.20. The fraction of sp³-hybridized carbons (Fsp3) is 0.100. The Morgan fingerprint density at radius 2 is 2.17 bits per heavy atom. The van der Waals surface area contributed by atoms with E-state index in [1.165, 1.54) is 6.21 Å². The second-order valence-corrected chi connectivity index (χ2v) is 2.29. The van der Waals surface area contributed by atoms with Gasteiger partial charge in [0, 0.05) is 0 Å². The molecule has 2 nitrogen and oxygen atoms in total. The van der Waals surface area contributed by atoms with Gasteiger partial charge in [0.05, 0.1) is 6.21 Å². The molecule has 0 fully saturated rings. The highest BCUT2D eigenvalue weighted by molar-refractivity contribution is 5.77. The molecule has 0 unspecified atom stereocenters. The molecule has 0 aromatic carbocycles. The van der Waals surface area contributed by atoms with Gasteiger partial charge < -0.3 is 5.21 Å². The van der Waals surface area contributed by atoms with Gasteiger partial charge in [-0.2, -0.15) is 0 Å². The Kier molecular flexibility index (Phi) is 5.35. The topological polar surface area (TPSA) is 32.6 Å². The average Bonchev–Trinajstić information content (AvgIpc) is 2.04. The molecular formula is C10H13NO. The normalized spacial score (nSPS) is 12.6. The summed E-state index contributed by atoms with van der Waals surface area (Å²) in [6.07, 6.45) is 8.48. The molecule has 0 atom stereocenters. The van der Waals surface area contributed by atoms with E-state index >= 15 is 0 Å². The molecule has 2 heteroatoms. The molecule has 12 heavy (non-hydrogen) atoms. The molecule has 0 rings (SSSR count). The molecule has 0 aliphatic heterocycles. The van der Waals surface area contributed by atoms with E-state index in [1.807, 2.05) is 25.2 Å². The zero-order valence-corrected chi connectivity index (χ0v) is 7.20. The molecule has 0 aromatic heterocycles. The summed E-state index contributed by atoms with van der Waals surface area (Å²) in [5, 5.41) is 11.0. The summed E-state index contributed by atoms with van der Waals surface area (Å²) in [6.45, 7) is 9.09. The SMILES string of the molecule is C=CC(=C)/C=C/C=C(C)/C=N/O. The van der Waals surface area contributed by atoms with Crippen molar-refractivity contribution in [2.75, 3.05) is 0 Å². The second-order valence-electron chi connectivity index (χ2n) is 2.29. The molecule has 0 radical (unpaired) electrons. The first-order chi connectivity index (χ1) is 5.70. The average molecular weight is 163 g/mol. The van der Waals surface area contributed by atoms with Gasteiger partial charge in [-0.05, 0) is 18.1 Å². The zero-order chi connectivity index (χ0) is 9.40. The lowest BCUT2D eigenvalue weighted by atomic mass is 10.2. The number of rotatable bonds is 4. The Hall–Kier alpha value is -1.57. The van der Waals surface area contributed by atoms with Crippen LogP contribution in [-0.4, -0.2) is 11.4 Å². The molecule has 0 saturated carbocycles. The maximum absolute atomic E-state index is 8.16. The molecule has 1 N–H and O–H groups in total. The van der Waals surface area contributed by atoms with Crippen molar-refractivity contribution in [3.8, 4) is 0 Å². The van der Waals surface area contributed by atoms with Crippen LogP contribution in [0.2, 0.25) is 0 Å². The predicted octanol–water partition coefficient (Wildman–Crippen LogP) is 2.69. The fourth-order valence-electron chi connectivity index (χ4n) is 0.526. The molecular weight excluding hydrogens is 150 g/mol. The minimum atomic E-state index is 0.847. The van der Waals surface area contributed by atoms with Crippen LogP contribution in [0, 0.1) is 0 Å². The minimum absolute atomic E-state index is 0.847. The van der Waals surface area contributed by atoms with Gasteiger partial charge in [0.2, 0.25) is 0 Å². The van der Waals surface area contributed by atoms with Crippen LogP contribution in [0.15, 0.2) is 53.8 Å². The summed E-state index contributed by atoms with van der Waals surface area (Å²) >= 11 is 0. The molecule has 0 amide bonds. The lowest BCUT2D eigenvalue weighted by Gasteiger charge is -1.86. The molecule has 64 valence electrons. The van der Waals surface area contributed by atoms with Crippen molar-refractivity contribution in [3.05, 3.63) is 48.6 Å². The maximum atomic E-state index is 8.16. The highest BCUT2D eigenvalue weighted by atomic mass is 16.4. The lowest BCUT2D eigenvalue weighted by Crippen LogP contribution is -1.74. The Morgan fingerprint density at radius 3 is 2.67 bits per heavy atom. The molecule has 0 aliphatic rings. The van der Waals surface area contributed by atoms with Crippen molar-refractivity contribution in [1.82, 2.24) is 0 Å². The first-order valence-electron chi connectivity index (χ1n) is 3.54. The van der Waals surface area contributed by atoms with Crippen molar-refractivity contribution < 1.29 is 5.21 Å². The standard InChI is InChI=1S/C10H13NO/c1-4-9(2)6-5-7-10(3)8-11-12/h4-8,12H,1-2H2,3H3/b6-5+,10-7+,11-8+. The van der Waals surface area contributed by atoms with Gasteiger partial charge in [0.15, 0.2) is 0 Å². The van der Waals surface area contributed by atoms with Gasteiger partial charge >= 0.3 is 0 Å². The number of allylic oxidation sites excluding steroid dienone is 6. The predicted molar refractivity (Wildman–Crippen MR) is 52.5 cm³/mol. The third-order valence-electron chi connectivity index (χ3n) is 1.19. The molecule has 0 spiro atoms. The van der Waals surface area contributed by atoms with Gasteiger partial charge in [-0.25, -0.2) is 0 Å². The monoisotopic (exact) mass is 163 g/mol. The number of hydrogen-bond acceptors (Lipinski definition) is 2. The highest BCUT2D eigenvalue weighted by Crippen LogP contribution is 1.95. The lowest BCUT2D eigenvalue weighted by molar-refractivity contribution is 0.321. The summed E-state index contributed by atoms with van der Waals surface area (Å²) in [5.74, 6) is 0. The summed E-state index contributed by atoms with van der Waals surface area (Å²) in [6, 6.07) is 0. The smallest absolute Gasteiger partial charge is 0.0690 e. The van der Waals surface area contributed by atoms with Crippen LogP contribution < -0.4 is 0 Å². The maximum Gasteiger partial charge on any atom is 0.0690 e. The van der Waals surface area contributed by atoms with Gasteiger partial charge in [0.1, 0.15) is 0 Å². The quantitative estimate of drug-likeness (QED) is 0.294. The van der Waals surface area contributed by atoms with Crippen LogP contribution in [0.3, 0.4) is 0 Å². The van der Waals surface area contributed by atoms with E-state index in [1.54, 1.807) is 6.08 Å². The number of oxime groups is 1. The van der Waals surface area contributed by atoms with Crippen molar-refractivity contribution in [2.24, 2.45) is 5.16 Å². The minimum Gasteiger partial charge on any atom is -0.411 e. The van der Waals surface area contributed by atoms with Crippen LogP contribution in [-0.2, 0) is 0 Å². The van der Waals surface area contributed by atoms with Gasteiger partial charge in [-0.1, -0.05) is 42.6 Å². The first-order valence-corrected chi connectivity index (χ1v) is 3.54. The molecule has 0 heterocycles.